The third kappa shape index (κ3) is 3.42. The summed E-state index contributed by atoms with van der Waals surface area (Å²) in [5.41, 5.74) is 8.64. The Kier molecular flexibility index (Phi) is 4.61. The van der Waals surface area contributed by atoms with Gasteiger partial charge in [0.15, 0.2) is 0 Å². The SMILES string of the molecule is COc1ccc(C)cc1N1CC(C(=O)Nc2ccccc2N)CC1=O. The second kappa shape index (κ2) is 6.84. The number of para-hydroxylation sites is 2. The molecule has 2 amide bonds. The fourth-order valence-corrected chi connectivity index (χ4v) is 2.97. The van der Waals surface area contributed by atoms with Gasteiger partial charge in [-0.2, -0.15) is 0 Å². The minimum Gasteiger partial charge on any atom is -0.495 e. The number of nitrogens with two attached hydrogens (primary N) is 1. The number of hydrogen-bond donors (Lipinski definition) is 2. The Hall–Kier alpha value is -3.02. The second-order valence-corrected chi connectivity index (χ2v) is 6.16. The van der Waals surface area contributed by atoms with Gasteiger partial charge in [-0.15, -0.1) is 0 Å². The van der Waals surface area contributed by atoms with Gasteiger partial charge in [0.2, 0.25) is 11.8 Å². The van der Waals surface area contributed by atoms with Gasteiger partial charge in [-0.1, -0.05) is 18.2 Å². The average molecular weight is 339 g/mol. The lowest BCUT2D eigenvalue weighted by atomic mass is 10.1. The summed E-state index contributed by atoms with van der Waals surface area (Å²) in [6.45, 7) is 2.27. The van der Waals surface area contributed by atoms with Crippen molar-refractivity contribution in [2.75, 3.05) is 29.6 Å². The molecule has 1 saturated heterocycles. The standard InChI is InChI=1S/C19H21N3O3/c1-12-7-8-17(25-2)16(9-12)22-11-13(10-18(22)23)19(24)21-15-6-4-3-5-14(15)20/h3-9,13H,10-11,20H2,1-2H3,(H,21,24). The lowest BCUT2D eigenvalue weighted by Gasteiger charge is -2.20. The molecule has 6 nitrogen and oxygen atoms in total. The summed E-state index contributed by atoms with van der Waals surface area (Å²) in [7, 11) is 1.57. The van der Waals surface area contributed by atoms with Crippen LogP contribution >= 0.6 is 0 Å². The predicted molar refractivity (Wildman–Crippen MR) is 97.7 cm³/mol. The average Bonchev–Trinajstić information content (AvgIpc) is 2.98. The van der Waals surface area contributed by atoms with E-state index in [0.717, 1.165) is 5.56 Å². The highest BCUT2D eigenvalue weighted by Crippen LogP contribution is 2.34. The number of nitrogen functional groups attached to an aromatic ring is 1. The minimum atomic E-state index is -0.433. The fraction of sp³-hybridized carbons (Fsp3) is 0.263. The van der Waals surface area contributed by atoms with E-state index >= 15 is 0 Å². The van der Waals surface area contributed by atoms with Crippen LogP contribution in [-0.4, -0.2) is 25.5 Å². The highest BCUT2D eigenvalue weighted by Gasteiger charge is 2.36. The number of rotatable bonds is 4. The smallest absolute Gasteiger partial charge is 0.229 e. The molecule has 0 aromatic heterocycles. The Morgan fingerprint density at radius 1 is 1.28 bits per heavy atom. The third-order valence-corrected chi connectivity index (χ3v) is 4.34. The van der Waals surface area contributed by atoms with E-state index in [9.17, 15) is 9.59 Å². The van der Waals surface area contributed by atoms with Crippen molar-refractivity contribution in [3.63, 3.8) is 0 Å². The number of hydrogen-bond acceptors (Lipinski definition) is 4. The molecule has 3 rings (SSSR count). The van der Waals surface area contributed by atoms with Crippen molar-refractivity contribution in [1.82, 2.24) is 0 Å². The number of aryl methyl sites for hydroxylation is 1. The van der Waals surface area contributed by atoms with Gasteiger partial charge in [-0.25, -0.2) is 0 Å². The van der Waals surface area contributed by atoms with Crippen LogP contribution in [0.4, 0.5) is 17.1 Å². The number of nitrogens with zero attached hydrogens (tertiary/aromatic N) is 1. The van der Waals surface area contributed by atoms with Crippen LogP contribution in [0.15, 0.2) is 42.5 Å². The molecule has 1 aliphatic heterocycles. The fourth-order valence-electron chi connectivity index (χ4n) is 2.97. The van der Waals surface area contributed by atoms with Crippen molar-refractivity contribution in [3.8, 4) is 5.75 Å². The van der Waals surface area contributed by atoms with E-state index in [1.165, 1.54) is 0 Å². The van der Waals surface area contributed by atoms with E-state index in [-0.39, 0.29) is 18.2 Å². The maximum Gasteiger partial charge on any atom is 0.229 e. The number of amides is 2. The Labute approximate surface area is 146 Å². The van der Waals surface area contributed by atoms with Gasteiger partial charge in [-0.3, -0.25) is 9.59 Å². The quantitative estimate of drug-likeness (QED) is 0.839. The van der Waals surface area contributed by atoms with E-state index in [1.54, 1.807) is 36.3 Å². The molecule has 2 aromatic carbocycles. The molecule has 130 valence electrons. The van der Waals surface area contributed by atoms with Crippen molar-refractivity contribution in [3.05, 3.63) is 48.0 Å². The maximum atomic E-state index is 12.5. The monoisotopic (exact) mass is 339 g/mol. The molecule has 25 heavy (non-hydrogen) atoms. The lowest BCUT2D eigenvalue weighted by molar-refractivity contribution is -0.122. The zero-order valence-electron chi connectivity index (χ0n) is 14.3. The van der Waals surface area contributed by atoms with Crippen molar-refractivity contribution < 1.29 is 14.3 Å². The number of nitrogens with one attached hydrogen (secondary N) is 1. The van der Waals surface area contributed by atoms with Crippen LogP contribution in [0.25, 0.3) is 0 Å². The topological polar surface area (TPSA) is 84.7 Å². The molecular formula is C19H21N3O3. The number of benzene rings is 2. The van der Waals surface area contributed by atoms with Gasteiger partial charge in [0.05, 0.1) is 30.1 Å². The van der Waals surface area contributed by atoms with E-state index in [2.05, 4.69) is 5.32 Å². The van der Waals surface area contributed by atoms with Crippen LogP contribution in [-0.2, 0) is 9.59 Å². The molecule has 1 heterocycles. The normalized spacial score (nSPS) is 16.8. The summed E-state index contributed by atoms with van der Waals surface area (Å²) in [6, 6.07) is 12.7. The van der Waals surface area contributed by atoms with E-state index in [0.29, 0.717) is 29.4 Å². The summed E-state index contributed by atoms with van der Waals surface area (Å²) in [5.74, 6) is -0.116. The van der Waals surface area contributed by atoms with Crippen LogP contribution < -0.4 is 20.7 Å². The Balaban J connectivity index is 1.78. The summed E-state index contributed by atoms with van der Waals surface area (Å²) in [5, 5.41) is 2.81. The van der Waals surface area contributed by atoms with Crippen LogP contribution in [0, 0.1) is 12.8 Å². The van der Waals surface area contributed by atoms with Gasteiger partial charge in [-0.05, 0) is 36.8 Å². The number of anilines is 3. The first-order chi connectivity index (χ1) is 12.0. The number of carbonyl (C=O) groups excluding carboxylic acids is 2. The summed E-state index contributed by atoms with van der Waals surface area (Å²) in [6.07, 6.45) is 0.162. The molecule has 0 saturated carbocycles. The van der Waals surface area contributed by atoms with Crippen molar-refractivity contribution >= 4 is 28.9 Å². The minimum absolute atomic E-state index is 0.0925. The van der Waals surface area contributed by atoms with E-state index < -0.39 is 5.92 Å². The van der Waals surface area contributed by atoms with Gasteiger partial charge >= 0.3 is 0 Å². The van der Waals surface area contributed by atoms with Gasteiger partial charge < -0.3 is 20.7 Å². The Bertz CT molecular complexity index is 819. The number of methoxy groups -OCH3 is 1. The maximum absolute atomic E-state index is 12.5. The van der Waals surface area contributed by atoms with Crippen molar-refractivity contribution in [1.29, 1.82) is 0 Å². The van der Waals surface area contributed by atoms with Crippen LogP contribution in [0.2, 0.25) is 0 Å². The highest BCUT2D eigenvalue weighted by atomic mass is 16.5. The predicted octanol–water partition coefficient (Wildman–Crippen LogP) is 2.58. The van der Waals surface area contributed by atoms with Gasteiger partial charge in [0, 0.05) is 13.0 Å². The molecular weight excluding hydrogens is 318 g/mol. The first-order valence-corrected chi connectivity index (χ1v) is 8.10. The van der Waals surface area contributed by atoms with E-state index in [4.69, 9.17) is 10.5 Å². The summed E-state index contributed by atoms with van der Waals surface area (Å²) < 4.78 is 5.36. The zero-order chi connectivity index (χ0) is 18.0. The Morgan fingerprint density at radius 3 is 2.76 bits per heavy atom. The van der Waals surface area contributed by atoms with Crippen LogP contribution in [0.3, 0.4) is 0 Å². The van der Waals surface area contributed by atoms with Gasteiger partial charge in [0.25, 0.3) is 0 Å². The van der Waals surface area contributed by atoms with Crippen LogP contribution in [0.5, 0.6) is 5.75 Å². The van der Waals surface area contributed by atoms with Gasteiger partial charge in [0.1, 0.15) is 5.75 Å². The summed E-state index contributed by atoms with van der Waals surface area (Å²) in [4.78, 5) is 26.6. The molecule has 6 heteroatoms. The molecule has 3 N–H and O–H groups in total. The van der Waals surface area contributed by atoms with E-state index in [1.807, 2.05) is 25.1 Å². The molecule has 1 fully saturated rings. The lowest BCUT2D eigenvalue weighted by Crippen LogP contribution is -2.28. The number of carbonyl (C=O) groups is 2. The highest BCUT2D eigenvalue weighted by molar-refractivity contribution is 6.04. The molecule has 1 atom stereocenters. The molecule has 0 bridgehead atoms. The third-order valence-electron chi connectivity index (χ3n) is 4.34. The zero-order valence-corrected chi connectivity index (χ0v) is 14.3. The van der Waals surface area contributed by atoms with Crippen LogP contribution in [0.1, 0.15) is 12.0 Å². The second-order valence-electron chi connectivity index (χ2n) is 6.16. The first-order valence-electron chi connectivity index (χ1n) is 8.10. The summed E-state index contributed by atoms with van der Waals surface area (Å²) >= 11 is 0. The van der Waals surface area contributed by atoms with Crippen molar-refractivity contribution in [2.24, 2.45) is 5.92 Å². The largest absolute Gasteiger partial charge is 0.495 e. The molecule has 1 unspecified atom stereocenters. The number of ether oxygens (including phenoxy) is 1. The first kappa shape index (κ1) is 16.8. The molecule has 0 aliphatic carbocycles. The van der Waals surface area contributed by atoms with Crippen molar-refractivity contribution in [2.45, 2.75) is 13.3 Å². The Morgan fingerprint density at radius 2 is 2.04 bits per heavy atom. The molecule has 2 aromatic rings. The molecule has 0 radical (unpaired) electrons. The molecule has 1 aliphatic rings. The molecule has 0 spiro atoms.